The van der Waals surface area contributed by atoms with Crippen molar-refractivity contribution < 1.29 is 9.59 Å². The van der Waals surface area contributed by atoms with E-state index in [9.17, 15) is 9.59 Å². The van der Waals surface area contributed by atoms with E-state index >= 15 is 0 Å². The summed E-state index contributed by atoms with van der Waals surface area (Å²) in [5.41, 5.74) is 6.57. The number of nitrogens with one attached hydrogen (secondary N) is 1. The van der Waals surface area contributed by atoms with Crippen LogP contribution in [0.4, 0.5) is 0 Å². The van der Waals surface area contributed by atoms with Gasteiger partial charge in [-0.1, -0.05) is 32.9 Å². The molecular formula is C15H22N2O2. The fourth-order valence-corrected chi connectivity index (χ4v) is 1.79. The number of carbonyl (C=O) groups excluding carboxylic acids is 2. The molecule has 3 N–H and O–H groups in total. The second kappa shape index (κ2) is 5.87. The van der Waals surface area contributed by atoms with Crippen LogP contribution in [0.3, 0.4) is 0 Å². The van der Waals surface area contributed by atoms with Gasteiger partial charge in [0.1, 0.15) is 0 Å². The number of amides is 2. The van der Waals surface area contributed by atoms with Gasteiger partial charge in [0, 0.05) is 12.0 Å². The molecule has 1 atom stereocenters. The predicted octanol–water partition coefficient (Wildman–Crippen LogP) is 2.40. The maximum atomic E-state index is 11.8. The van der Waals surface area contributed by atoms with Crippen molar-refractivity contribution in [2.45, 2.75) is 40.2 Å². The van der Waals surface area contributed by atoms with Crippen LogP contribution in [0.2, 0.25) is 0 Å². The standard InChI is InChI=1S/C15H22N2O2/c1-10(17-13(18)9-15(2,3)4)11-5-7-12(8-6-11)14(16)19/h5-8,10H,9H2,1-4H3,(H2,16,19)(H,17,18). The van der Waals surface area contributed by atoms with Gasteiger partial charge in [0.2, 0.25) is 11.8 Å². The molecule has 1 aromatic rings. The first-order valence-electron chi connectivity index (χ1n) is 6.38. The third-order valence-corrected chi connectivity index (χ3v) is 2.76. The Bertz CT molecular complexity index is 458. The molecule has 0 saturated carbocycles. The van der Waals surface area contributed by atoms with Crippen LogP contribution in [0.5, 0.6) is 0 Å². The molecule has 1 rings (SSSR count). The zero-order chi connectivity index (χ0) is 14.6. The summed E-state index contributed by atoms with van der Waals surface area (Å²) in [5, 5.41) is 2.95. The van der Waals surface area contributed by atoms with E-state index in [1.165, 1.54) is 0 Å². The van der Waals surface area contributed by atoms with Gasteiger partial charge in [-0.25, -0.2) is 0 Å². The molecule has 0 aliphatic rings. The van der Waals surface area contributed by atoms with Crippen LogP contribution < -0.4 is 11.1 Å². The summed E-state index contributed by atoms with van der Waals surface area (Å²) in [6.07, 6.45) is 0.483. The van der Waals surface area contributed by atoms with Gasteiger partial charge in [0.25, 0.3) is 0 Å². The number of primary amides is 1. The Morgan fingerprint density at radius 1 is 1.21 bits per heavy atom. The highest BCUT2D eigenvalue weighted by Crippen LogP contribution is 2.19. The molecule has 0 saturated heterocycles. The van der Waals surface area contributed by atoms with Crippen LogP contribution in [-0.2, 0) is 4.79 Å². The second-order valence-corrected chi connectivity index (χ2v) is 6.01. The van der Waals surface area contributed by atoms with Crippen molar-refractivity contribution in [3.05, 3.63) is 35.4 Å². The normalized spacial score (nSPS) is 12.8. The summed E-state index contributed by atoms with van der Waals surface area (Å²) in [6, 6.07) is 6.87. The molecule has 4 heteroatoms. The van der Waals surface area contributed by atoms with E-state index in [0.717, 1.165) is 5.56 Å². The van der Waals surface area contributed by atoms with Crippen molar-refractivity contribution >= 4 is 11.8 Å². The number of benzene rings is 1. The van der Waals surface area contributed by atoms with Gasteiger partial charge < -0.3 is 11.1 Å². The van der Waals surface area contributed by atoms with E-state index in [0.29, 0.717) is 12.0 Å². The Morgan fingerprint density at radius 2 is 1.74 bits per heavy atom. The van der Waals surface area contributed by atoms with E-state index < -0.39 is 5.91 Å². The average molecular weight is 262 g/mol. The summed E-state index contributed by atoms with van der Waals surface area (Å²) in [6.45, 7) is 8.00. The van der Waals surface area contributed by atoms with Crippen LogP contribution >= 0.6 is 0 Å². The third-order valence-electron chi connectivity index (χ3n) is 2.76. The first kappa shape index (κ1) is 15.2. The minimum absolute atomic E-state index is 0.0268. The molecule has 0 radical (unpaired) electrons. The zero-order valence-electron chi connectivity index (χ0n) is 12.0. The van der Waals surface area contributed by atoms with Crippen LogP contribution in [0.15, 0.2) is 24.3 Å². The van der Waals surface area contributed by atoms with Crippen molar-refractivity contribution in [3.63, 3.8) is 0 Å². The first-order chi connectivity index (χ1) is 8.69. The average Bonchev–Trinajstić information content (AvgIpc) is 2.26. The molecule has 0 bridgehead atoms. The van der Waals surface area contributed by atoms with E-state index in [-0.39, 0.29) is 17.4 Å². The maximum absolute atomic E-state index is 11.8. The zero-order valence-corrected chi connectivity index (χ0v) is 12.0. The third kappa shape index (κ3) is 5.12. The lowest BCUT2D eigenvalue weighted by Gasteiger charge is -2.20. The van der Waals surface area contributed by atoms with Gasteiger partial charge in [0.15, 0.2) is 0 Å². The van der Waals surface area contributed by atoms with E-state index in [1.807, 2.05) is 39.8 Å². The molecular weight excluding hydrogens is 240 g/mol. The second-order valence-electron chi connectivity index (χ2n) is 6.01. The molecule has 0 aliphatic heterocycles. The fourth-order valence-electron chi connectivity index (χ4n) is 1.79. The molecule has 4 nitrogen and oxygen atoms in total. The lowest BCUT2D eigenvalue weighted by molar-refractivity contribution is -0.123. The quantitative estimate of drug-likeness (QED) is 0.874. The Labute approximate surface area is 114 Å². The number of rotatable bonds is 4. The molecule has 19 heavy (non-hydrogen) atoms. The summed E-state index contributed by atoms with van der Waals surface area (Å²) in [7, 11) is 0. The molecule has 1 aromatic carbocycles. The van der Waals surface area contributed by atoms with Crippen molar-refractivity contribution in [1.82, 2.24) is 5.32 Å². The number of nitrogens with two attached hydrogens (primary N) is 1. The SMILES string of the molecule is CC(NC(=O)CC(C)(C)C)c1ccc(C(N)=O)cc1. The number of carbonyl (C=O) groups is 2. The smallest absolute Gasteiger partial charge is 0.248 e. The van der Waals surface area contributed by atoms with E-state index in [1.54, 1.807) is 12.1 Å². The van der Waals surface area contributed by atoms with Crippen LogP contribution in [0.25, 0.3) is 0 Å². The highest BCUT2D eigenvalue weighted by molar-refractivity contribution is 5.92. The Hall–Kier alpha value is -1.84. The monoisotopic (exact) mass is 262 g/mol. The molecule has 1 unspecified atom stereocenters. The van der Waals surface area contributed by atoms with E-state index in [2.05, 4.69) is 5.32 Å². The predicted molar refractivity (Wildman–Crippen MR) is 75.6 cm³/mol. The lowest BCUT2D eigenvalue weighted by atomic mass is 9.91. The minimum Gasteiger partial charge on any atom is -0.366 e. The lowest BCUT2D eigenvalue weighted by Crippen LogP contribution is -2.30. The molecule has 0 heterocycles. The molecule has 0 aromatic heterocycles. The van der Waals surface area contributed by atoms with Crippen molar-refractivity contribution in [3.8, 4) is 0 Å². The van der Waals surface area contributed by atoms with Crippen molar-refractivity contribution in [2.75, 3.05) is 0 Å². The summed E-state index contributed by atoms with van der Waals surface area (Å²) >= 11 is 0. The van der Waals surface area contributed by atoms with Gasteiger partial charge >= 0.3 is 0 Å². The minimum atomic E-state index is -0.448. The highest BCUT2D eigenvalue weighted by atomic mass is 16.2. The van der Waals surface area contributed by atoms with Gasteiger partial charge in [-0.15, -0.1) is 0 Å². The van der Waals surface area contributed by atoms with Gasteiger partial charge in [-0.3, -0.25) is 9.59 Å². The maximum Gasteiger partial charge on any atom is 0.248 e. The number of hydrogen-bond acceptors (Lipinski definition) is 2. The molecule has 0 aliphatic carbocycles. The highest BCUT2D eigenvalue weighted by Gasteiger charge is 2.17. The molecule has 0 fully saturated rings. The number of hydrogen-bond donors (Lipinski definition) is 2. The summed E-state index contributed by atoms with van der Waals surface area (Å²) < 4.78 is 0. The van der Waals surface area contributed by atoms with E-state index in [4.69, 9.17) is 5.73 Å². The van der Waals surface area contributed by atoms with Crippen LogP contribution in [-0.4, -0.2) is 11.8 Å². The molecule has 0 spiro atoms. The van der Waals surface area contributed by atoms with Crippen LogP contribution in [0.1, 0.15) is 56.1 Å². The Kier molecular flexibility index (Phi) is 4.70. The van der Waals surface area contributed by atoms with Crippen molar-refractivity contribution in [2.24, 2.45) is 11.1 Å². The molecule has 104 valence electrons. The Balaban J connectivity index is 2.65. The van der Waals surface area contributed by atoms with Gasteiger partial charge in [0.05, 0.1) is 6.04 Å². The summed E-state index contributed by atoms with van der Waals surface area (Å²) in [5.74, 6) is -0.421. The van der Waals surface area contributed by atoms with Gasteiger partial charge in [-0.2, -0.15) is 0 Å². The summed E-state index contributed by atoms with van der Waals surface area (Å²) in [4.78, 5) is 22.8. The largest absolute Gasteiger partial charge is 0.366 e. The topological polar surface area (TPSA) is 72.2 Å². The first-order valence-corrected chi connectivity index (χ1v) is 6.38. The van der Waals surface area contributed by atoms with Crippen LogP contribution in [0, 0.1) is 5.41 Å². The van der Waals surface area contributed by atoms with Crippen molar-refractivity contribution in [1.29, 1.82) is 0 Å². The van der Waals surface area contributed by atoms with Gasteiger partial charge in [-0.05, 0) is 30.0 Å². The molecule has 2 amide bonds. The fraction of sp³-hybridized carbons (Fsp3) is 0.467. The Morgan fingerprint density at radius 3 is 2.16 bits per heavy atom.